The number of ketones is 1. The van der Waals surface area contributed by atoms with Crippen molar-refractivity contribution in [3.8, 4) is 0 Å². The van der Waals surface area contributed by atoms with Crippen molar-refractivity contribution in [2.75, 3.05) is 6.61 Å². The van der Waals surface area contributed by atoms with Gasteiger partial charge in [-0.1, -0.05) is 31.4 Å². The highest BCUT2D eigenvalue weighted by molar-refractivity contribution is 5.97. The van der Waals surface area contributed by atoms with Crippen LogP contribution in [-0.2, 0) is 9.53 Å². The number of Topliss-reactive ketones (excluding diaryl/α,β-unsaturated/α-hetero) is 1. The van der Waals surface area contributed by atoms with E-state index in [9.17, 15) is 14.4 Å². The first-order chi connectivity index (χ1) is 18.0. The fourth-order valence-corrected chi connectivity index (χ4v) is 8.20. The van der Waals surface area contributed by atoms with Crippen molar-refractivity contribution in [2.45, 2.75) is 108 Å². The first-order valence-corrected chi connectivity index (χ1v) is 14.5. The maximum absolute atomic E-state index is 13.8. The maximum atomic E-state index is 13.8. The molecule has 4 bridgehead atoms. The molecule has 3 unspecified atom stereocenters. The summed E-state index contributed by atoms with van der Waals surface area (Å²) in [6, 6.07) is 9.44. The molecule has 0 radical (unpaired) electrons. The molecule has 4 aliphatic rings. The number of piperidine rings is 1. The smallest absolute Gasteiger partial charge is 0.306 e. The highest BCUT2D eigenvalue weighted by Crippen LogP contribution is 2.48. The number of benzene rings is 1. The number of rotatable bonds is 7. The third kappa shape index (κ3) is 4.75. The molecule has 2 aromatic rings. The van der Waals surface area contributed by atoms with Crippen LogP contribution in [0.4, 0.5) is 0 Å². The van der Waals surface area contributed by atoms with E-state index in [1.54, 1.807) is 6.92 Å². The molecule has 2 aliphatic carbocycles. The molecule has 0 N–H and O–H groups in total. The van der Waals surface area contributed by atoms with Crippen LogP contribution in [0.2, 0.25) is 0 Å². The lowest BCUT2D eigenvalue weighted by atomic mass is 9.69. The summed E-state index contributed by atoms with van der Waals surface area (Å²) in [6.07, 6.45) is 12.6. The van der Waals surface area contributed by atoms with Crippen molar-refractivity contribution in [2.24, 2.45) is 11.8 Å². The average Bonchev–Trinajstić information content (AvgIpc) is 3.16. The van der Waals surface area contributed by atoms with Crippen molar-refractivity contribution >= 4 is 22.8 Å². The van der Waals surface area contributed by atoms with E-state index in [1.807, 2.05) is 28.8 Å². The van der Waals surface area contributed by atoms with Gasteiger partial charge in [0, 0.05) is 30.6 Å². The Labute approximate surface area is 218 Å². The van der Waals surface area contributed by atoms with Crippen molar-refractivity contribution in [1.29, 1.82) is 0 Å². The van der Waals surface area contributed by atoms with Crippen molar-refractivity contribution in [3.63, 3.8) is 0 Å². The van der Waals surface area contributed by atoms with Gasteiger partial charge in [0.2, 0.25) is 0 Å². The zero-order valence-corrected chi connectivity index (χ0v) is 21.9. The average molecular weight is 506 g/mol. The molecule has 0 spiro atoms. The Bertz CT molecular complexity index is 1210. The van der Waals surface area contributed by atoms with Crippen molar-refractivity contribution < 1.29 is 14.3 Å². The lowest BCUT2D eigenvalue weighted by molar-refractivity contribution is -0.143. The van der Waals surface area contributed by atoms with Crippen LogP contribution < -0.4 is 5.56 Å². The summed E-state index contributed by atoms with van der Waals surface area (Å²) in [7, 11) is 0. The van der Waals surface area contributed by atoms with Crippen LogP contribution in [0.25, 0.3) is 11.0 Å². The summed E-state index contributed by atoms with van der Waals surface area (Å²) in [4.78, 5) is 46.0. The molecule has 7 heteroatoms. The number of carbonyl (C=O) groups is 2. The number of ether oxygens (including phenoxy) is 1. The predicted octanol–water partition coefficient (Wildman–Crippen LogP) is 5.06. The van der Waals surface area contributed by atoms with Gasteiger partial charge >= 0.3 is 5.97 Å². The van der Waals surface area contributed by atoms with Gasteiger partial charge in [-0.25, -0.2) is 4.98 Å². The number of fused-ring (bicyclic) bond motifs is 5. The van der Waals surface area contributed by atoms with Crippen LogP contribution in [0.1, 0.15) is 101 Å². The lowest BCUT2D eigenvalue weighted by Crippen LogP contribution is -2.52. The Morgan fingerprint density at radius 1 is 0.892 bits per heavy atom. The van der Waals surface area contributed by atoms with Crippen LogP contribution in [0, 0.1) is 11.8 Å². The van der Waals surface area contributed by atoms with Gasteiger partial charge in [0.15, 0.2) is 11.5 Å². The fourth-order valence-electron chi connectivity index (χ4n) is 8.20. The second kappa shape index (κ2) is 10.3. The SMILES string of the molecule is CCOC(=O)CCC(=O)c1nc2ccccc2n(C2C[C@H]3CC[C@@H](C2)N3C2CC3CCCC(C3)C2)c1=O. The first-order valence-electron chi connectivity index (χ1n) is 14.5. The van der Waals surface area contributed by atoms with Crippen molar-refractivity contribution in [1.82, 2.24) is 14.5 Å². The second-order valence-corrected chi connectivity index (χ2v) is 11.8. The minimum Gasteiger partial charge on any atom is -0.466 e. The third-order valence-corrected chi connectivity index (χ3v) is 9.57. The minimum atomic E-state index is -0.423. The van der Waals surface area contributed by atoms with Gasteiger partial charge in [0.1, 0.15) is 0 Å². The van der Waals surface area contributed by atoms with Gasteiger partial charge < -0.3 is 9.30 Å². The van der Waals surface area contributed by atoms with Crippen LogP contribution in [-0.4, -0.2) is 50.9 Å². The van der Waals surface area contributed by atoms with E-state index in [1.165, 1.54) is 51.4 Å². The highest BCUT2D eigenvalue weighted by Gasteiger charge is 2.47. The number of hydrogen-bond acceptors (Lipinski definition) is 6. The molecule has 2 saturated carbocycles. The summed E-state index contributed by atoms with van der Waals surface area (Å²) >= 11 is 0. The summed E-state index contributed by atoms with van der Waals surface area (Å²) in [5, 5.41) is 0. The predicted molar refractivity (Wildman–Crippen MR) is 142 cm³/mol. The molecule has 198 valence electrons. The number of nitrogens with zero attached hydrogens (tertiary/aromatic N) is 3. The summed E-state index contributed by atoms with van der Waals surface area (Å²) in [5.74, 6) is 1.01. The zero-order valence-electron chi connectivity index (χ0n) is 21.9. The second-order valence-electron chi connectivity index (χ2n) is 11.8. The molecule has 0 amide bonds. The molecule has 4 fully saturated rings. The standard InChI is InChI=1S/C30H39N3O4/c1-2-37-28(35)13-12-27(34)29-30(36)33(26-9-4-3-8-25(26)31-29)24-17-21-10-11-22(18-24)32(21)23-15-19-6-5-7-20(14-19)16-23/h3-4,8-9,19-24H,2,5-7,10-18H2,1H3/t19?,20?,21-,22+,23?,24?. The van der Waals surface area contributed by atoms with Gasteiger partial charge in [-0.05, 0) is 75.8 Å². The number of para-hydroxylation sites is 2. The molecular weight excluding hydrogens is 466 g/mol. The third-order valence-electron chi connectivity index (χ3n) is 9.57. The van der Waals surface area contributed by atoms with E-state index in [2.05, 4.69) is 9.88 Å². The van der Waals surface area contributed by atoms with Gasteiger partial charge in [-0.3, -0.25) is 19.3 Å². The zero-order chi connectivity index (χ0) is 25.5. The summed E-state index contributed by atoms with van der Waals surface area (Å²) in [5.41, 5.74) is 1.12. The Morgan fingerprint density at radius 2 is 1.59 bits per heavy atom. The number of carbonyl (C=O) groups excluding carboxylic acids is 2. The quantitative estimate of drug-likeness (QED) is 0.387. The van der Waals surface area contributed by atoms with Crippen LogP contribution in [0.15, 0.2) is 29.1 Å². The fraction of sp³-hybridized carbons (Fsp3) is 0.667. The molecule has 1 aromatic carbocycles. The van der Waals surface area contributed by atoms with E-state index >= 15 is 0 Å². The Kier molecular flexibility index (Phi) is 6.91. The molecule has 2 aliphatic heterocycles. The normalized spacial score (nSPS) is 31.4. The Morgan fingerprint density at radius 3 is 2.30 bits per heavy atom. The maximum Gasteiger partial charge on any atom is 0.306 e. The lowest BCUT2D eigenvalue weighted by Gasteiger charge is -2.49. The molecule has 7 nitrogen and oxygen atoms in total. The molecule has 3 heterocycles. The van der Waals surface area contributed by atoms with Gasteiger partial charge in [0.05, 0.1) is 24.1 Å². The molecule has 6 rings (SSSR count). The number of aromatic nitrogens is 2. The van der Waals surface area contributed by atoms with E-state index in [0.717, 1.165) is 30.2 Å². The molecular formula is C30H39N3O4. The molecule has 1 aromatic heterocycles. The minimum absolute atomic E-state index is 0.0352. The van der Waals surface area contributed by atoms with E-state index < -0.39 is 5.97 Å². The van der Waals surface area contributed by atoms with Gasteiger partial charge in [-0.2, -0.15) is 0 Å². The van der Waals surface area contributed by atoms with E-state index in [0.29, 0.717) is 23.6 Å². The summed E-state index contributed by atoms with van der Waals surface area (Å²) < 4.78 is 6.84. The van der Waals surface area contributed by atoms with E-state index in [-0.39, 0.29) is 42.5 Å². The molecule has 37 heavy (non-hydrogen) atoms. The number of esters is 1. The first kappa shape index (κ1) is 24.8. The van der Waals surface area contributed by atoms with Crippen LogP contribution in [0.5, 0.6) is 0 Å². The molecule has 2 saturated heterocycles. The Hall–Kier alpha value is -2.54. The van der Waals surface area contributed by atoms with Crippen LogP contribution >= 0.6 is 0 Å². The molecule has 5 atom stereocenters. The van der Waals surface area contributed by atoms with Crippen molar-refractivity contribution in [3.05, 3.63) is 40.3 Å². The topological polar surface area (TPSA) is 81.5 Å². The highest BCUT2D eigenvalue weighted by atomic mass is 16.5. The van der Waals surface area contributed by atoms with Gasteiger partial charge in [-0.15, -0.1) is 0 Å². The van der Waals surface area contributed by atoms with Crippen LogP contribution in [0.3, 0.4) is 0 Å². The monoisotopic (exact) mass is 505 g/mol. The summed E-state index contributed by atoms with van der Waals surface area (Å²) in [6.45, 7) is 2.01. The largest absolute Gasteiger partial charge is 0.466 e. The number of hydrogen-bond donors (Lipinski definition) is 0. The van der Waals surface area contributed by atoms with E-state index in [4.69, 9.17) is 4.74 Å². The van der Waals surface area contributed by atoms with Gasteiger partial charge in [0.25, 0.3) is 5.56 Å². The Balaban J connectivity index is 1.27.